The highest BCUT2D eigenvalue weighted by molar-refractivity contribution is 14.1. The van der Waals surface area contributed by atoms with Gasteiger partial charge in [-0.25, -0.2) is 8.42 Å². The van der Waals surface area contributed by atoms with Crippen molar-refractivity contribution in [3.8, 4) is 0 Å². The highest BCUT2D eigenvalue weighted by atomic mass is 127. The molecule has 0 aliphatic heterocycles. The summed E-state index contributed by atoms with van der Waals surface area (Å²) >= 11 is 2.14. The predicted octanol–water partition coefficient (Wildman–Crippen LogP) is 4.23. The second kappa shape index (κ2) is 12.2. The Balaban J connectivity index is 1.87. The molecule has 0 saturated heterocycles. The van der Waals surface area contributed by atoms with Gasteiger partial charge in [0.2, 0.25) is 21.8 Å². The number of rotatable bonds is 9. The van der Waals surface area contributed by atoms with E-state index in [1.807, 2.05) is 31.2 Å². The maximum absolute atomic E-state index is 13.6. The molecule has 1 aliphatic carbocycles. The molecule has 2 aromatic carbocycles. The van der Waals surface area contributed by atoms with Gasteiger partial charge in [-0.1, -0.05) is 43.5 Å². The summed E-state index contributed by atoms with van der Waals surface area (Å²) in [6, 6.07) is 14.0. The van der Waals surface area contributed by atoms with Gasteiger partial charge in [0.1, 0.15) is 12.6 Å². The summed E-state index contributed by atoms with van der Waals surface area (Å²) in [5, 5.41) is 3.11. The highest BCUT2D eigenvalue weighted by Gasteiger charge is 2.31. The number of amides is 2. The van der Waals surface area contributed by atoms with Gasteiger partial charge in [0.25, 0.3) is 0 Å². The average Bonchev–Trinajstić information content (AvgIpc) is 2.82. The molecule has 35 heavy (non-hydrogen) atoms. The summed E-state index contributed by atoms with van der Waals surface area (Å²) in [7, 11) is -3.73. The van der Waals surface area contributed by atoms with Gasteiger partial charge in [-0.3, -0.25) is 13.9 Å². The number of aryl methyl sites for hydroxylation is 1. The minimum Gasteiger partial charge on any atom is -0.352 e. The lowest BCUT2D eigenvalue weighted by Gasteiger charge is -2.33. The lowest BCUT2D eigenvalue weighted by Crippen LogP contribution is -2.53. The number of halogens is 1. The summed E-state index contributed by atoms with van der Waals surface area (Å²) < 4.78 is 27.3. The summed E-state index contributed by atoms with van der Waals surface area (Å²) in [5.74, 6) is -0.637. The number of hydrogen-bond donors (Lipinski definition) is 1. The number of carbonyl (C=O) groups is 2. The van der Waals surface area contributed by atoms with Crippen LogP contribution in [-0.2, 0) is 26.2 Å². The minimum atomic E-state index is -3.73. The molecule has 0 spiro atoms. The van der Waals surface area contributed by atoms with Gasteiger partial charge < -0.3 is 10.2 Å². The van der Waals surface area contributed by atoms with E-state index in [1.165, 1.54) is 11.3 Å². The van der Waals surface area contributed by atoms with Gasteiger partial charge in [-0.05, 0) is 84.7 Å². The Bertz CT molecular complexity index is 1130. The largest absolute Gasteiger partial charge is 0.352 e. The van der Waals surface area contributed by atoms with Crippen LogP contribution in [0.5, 0.6) is 0 Å². The Morgan fingerprint density at radius 3 is 2.29 bits per heavy atom. The fraction of sp³-hybridized carbons (Fsp3) is 0.462. The van der Waals surface area contributed by atoms with Crippen LogP contribution in [-0.4, -0.2) is 50.0 Å². The van der Waals surface area contributed by atoms with Crippen LogP contribution in [0.4, 0.5) is 5.69 Å². The molecule has 0 bridgehead atoms. The fourth-order valence-corrected chi connectivity index (χ4v) is 5.55. The number of carbonyl (C=O) groups excluding carboxylic acids is 2. The molecule has 9 heteroatoms. The Morgan fingerprint density at radius 2 is 1.69 bits per heavy atom. The van der Waals surface area contributed by atoms with E-state index in [4.69, 9.17) is 0 Å². The third-order valence-electron chi connectivity index (χ3n) is 6.51. The fourth-order valence-electron chi connectivity index (χ4n) is 4.34. The van der Waals surface area contributed by atoms with Gasteiger partial charge in [0.05, 0.1) is 11.9 Å². The summed E-state index contributed by atoms with van der Waals surface area (Å²) in [4.78, 5) is 28.3. The molecule has 1 saturated carbocycles. The summed E-state index contributed by atoms with van der Waals surface area (Å²) in [6.45, 7) is 3.50. The molecule has 2 aromatic rings. The topological polar surface area (TPSA) is 86.8 Å². The van der Waals surface area contributed by atoms with Gasteiger partial charge in [0, 0.05) is 16.2 Å². The maximum Gasteiger partial charge on any atom is 0.244 e. The Labute approximate surface area is 222 Å². The lowest BCUT2D eigenvalue weighted by atomic mass is 9.95. The quantitative estimate of drug-likeness (QED) is 0.431. The van der Waals surface area contributed by atoms with E-state index >= 15 is 0 Å². The third kappa shape index (κ3) is 7.67. The van der Waals surface area contributed by atoms with Crippen molar-refractivity contribution < 1.29 is 18.0 Å². The Morgan fingerprint density at radius 1 is 1.06 bits per heavy atom. The molecular formula is C26H34IN3O4S. The molecule has 7 nitrogen and oxygen atoms in total. The molecule has 190 valence electrons. The first-order valence-corrected chi connectivity index (χ1v) is 14.9. The molecular weight excluding hydrogens is 577 g/mol. The first-order chi connectivity index (χ1) is 16.6. The van der Waals surface area contributed by atoms with E-state index in [0.717, 1.165) is 50.9 Å². The molecule has 1 atom stereocenters. The molecule has 0 heterocycles. The van der Waals surface area contributed by atoms with E-state index < -0.39 is 22.0 Å². The van der Waals surface area contributed by atoms with Crippen LogP contribution in [0.1, 0.15) is 50.2 Å². The molecule has 1 fully saturated rings. The van der Waals surface area contributed by atoms with Gasteiger partial charge in [-0.15, -0.1) is 0 Å². The number of hydrogen-bond acceptors (Lipinski definition) is 4. The van der Waals surface area contributed by atoms with Gasteiger partial charge in [-0.2, -0.15) is 0 Å². The summed E-state index contributed by atoms with van der Waals surface area (Å²) in [5.41, 5.74) is 2.33. The van der Waals surface area contributed by atoms with Crippen LogP contribution in [0.25, 0.3) is 0 Å². The Kier molecular flexibility index (Phi) is 9.57. The second-order valence-corrected chi connectivity index (χ2v) is 12.4. The van der Waals surface area contributed by atoms with Crippen LogP contribution >= 0.6 is 22.6 Å². The van der Waals surface area contributed by atoms with E-state index in [-0.39, 0.29) is 25.0 Å². The minimum absolute atomic E-state index is 0.119. The zero-order valence-electron chi connectivity index (χ0n) is 20.5. The highest BCUT2D eigenvalue weighted by Crippen LogP contribution is 2.22. The zero-order valence-corrected chi connectivity index (χ0v) is 23.5. The SMILES string of the molecule is Cc1ccccc1CN(C(=O)CN(c1ccc(I)cc1)S(C)(=O)=O)[C@H](C)C(=O)NC1CCCCC1. The first kappa shape index (κ1) is 27.4. The number of nitrogens with zero attached hydrogens (tertiary/aromatic N) is 2. The number of nitrogens with one attached hydrogen (secondary N) is 1. The summed E-state index contributed by atoms with van der Waals surface area (Å²) in [6.07, 6.45) is 6.33. The van der Waals surface area contributed by atoms with E-state index in [0.29, 0.717) is 5.69 Å². The standard InChI is InChI=1S/C26H34IN3O4S/c1-19-9-7-8-10-21(19)17-29(20(2)26(32)28-23-11-5-4-6-12-23)25(31)18-30(35(3,33)34)24-15-13-22(27)14-16-24/h7-10,13-16,20,23H,4-6,11-12,17-18H2,1-3H3,(H,28,32)/t20-/m1/s1. The zero-order chi connectivity index (χ0) is 25.6. The van der Waals surface area contributed by atoms with Crippen LogP contribution in [0, 0.1) is 10.5 Å². The van der Waals surface area contributed by atoms with E-state index in [9.17, 15) is 18.0 Å². The normalized spacial score (nSPS) is 15.3. The van der Waals surface area contributed by atoms with Crippen molar-refractivity contribution in [2.75, 3.05) is 17.1 Å². The molecule has 0 unspecified atom stereocenters. The van der Waals surface area contributed by atoms with Crippen molar-refractivity contribution in [2.24, 2.45) is 0 Å². The van der Waals surface area contributed by atoms with E-state index in [2.05, 4.69) is 27.9 Å². The third-order valence-corrected chi connectivity index (χ3v) is 8.37. The molecule has 3 rings (SSSR count). The van der Waals surface area contributed by atoms with Gasteiger partial charge in [0.15, 0.2) is 0 Å². The van der Waals surface area contributed by atoms with Crippen molar-refractivity contribution in [3.63, 3.8) is 0 Å². The molecule has 0 aromatic heterocycles. The van der Waals surface area contributed by atoms with Crippen LogP contribution in [0.3, 0.4) is 0 Å². The monoisotopic (exact) mass is 611 g/mol. The molecule has 2 amide bonds. The molecule has 0 radical (unpaired) electrons. The smallest absolute Gasteiger partial charge is 0.244 e. The first-order valence-electron chi connectivity index (χ1n) is 11.9. The van der Waals surface area contributed by atoms with Crippen LogP contribution in [0.15, 0.2) is 48.5 Å². The number of anilines is 1. The van der Waals surface area contributed by atoms with Gasteiger partial charge >= 0.3 is 0 Å². The van der Waals surface area contributed by atoms with Crippen molar-refractivity contribution in [2.45, 2.75) is 64.6 Å². The van der Waals surface area contributed by atoms with Crippen molar-refractivity contribution in [1.29, 1.82) is 0 Å². The van der Waals surface area contributed by atoms with Crippen molar-refractivity contribution in [1.82, 2.24) is 10.2 Å². The van der Waals surface area contributed by atoms with Crippen molar-refractivity contribution >= 4 is 50.1 Å². The van der Waals surface area contributed by atoms with Crippen LogP contribution in [0.2, 0.25) is 0 Å². The van der Waals surface area contributed by atoms with Crippen molar-refractivity contribution in [3.05, 3.63) is 63.2 Å². The second-order valence-electron chi connectivity index (χ2n) is 9.21. The predicted molar refractivity (Wildman–Crippen MR) is 148 cm³/mol. The number of benzene rings is 2. The van der Waals surface area contributed by atoms with E-state index in [1.54, 1.807) is 31.2 Å². The molecule has 1 N–H and O–H groups in total. The Hall–Kier alpha value is -2.14. The maximum atomic E-state index is 13.6. The number of sulfonamides is 1. The lowest BCUT2D eigenvalue weighted by molar-refractivity contribution is -0.139. The molecule has 1 aliphatic rings. The average molecular weight is 612 g/mol. The van der Waals surface area contributed by atoms with Crippen LogP contribution < -0.4 is 9.62 Å².